The van der Waals surface area contributed by atoms with Gasteiger partial charge in [0.15, 0.2) is 11.2 Å². The quantitative estimate of drug-likeness (QED) is 0.597. The topological polar surface area (TPSA) is 64.0 Å². The van der Waals surface area contributed by atoms with E-state index in [0.29, 0.717) is 0 Å². The summed E-state index contributed by atoms with van der Waals surface area (Å²) in [7, 11) is 0. The molecule has 0 aliphatic carbocycles. The Morgan fingerprint density at radius 3 is 2.23 bits per heavy atom. The van der Waals surface area contributed by atoms with Gasteiger partial charge in [0.25, 0.3) is 0 Å². The Hall–Kier alpha value is -2.53. The Balaban J connectivity index is 0.00000144. The number of hydrogen-bond donors (Lipinski definition) is 1. The second-order valence-electron chi connectivity index (χ2n) is 1.93. The van der Waals surface area contributed by atoms with Crippen LogP contribution in [0.1, 0.15) is 5.56 Å². The van der Waals surface area contributed by atoms with Crippen LogP contribution in [-0.2, 0) is 6.18 Å². The fraction of sp³-hybridized carbons (Fsp3) is 0.200. The van der Waals surface area contributed by atoms with Crippen LogP contribution in [0.3, 0.4) is 0 Å². The molecule has 13 heavy (non-hydrogen) atoms. The van der Waals surface area contributed by atoms with Crippen molar-refractivity contribution in [1.82, 2.24) is 9.97 Å². The molecule has 1 rings (SSSR count). The number of hydrogen-bond acceptors (Lipinski definition) is 2. The molecule has 1 aromatic rings. The summed E-state index contributed by atoms with van der Waals surface area (Å²) in [5, 5.41) is 0. The van der Waals surface area contributed by atoms with Gasteiger partial charge in [0.05, 0.1) is 5.56 Å². The minimum absolute atomic E-state index is 0. The first-order valence-corrected chi connectivity index (χ1v) is 2.75. The first kappa shape index (κ1) is 10.5. The van der Waals surface area contributed by atoms with Crippen LogP contribution in [0.2, 0.25) is 0 Å². The second-order valence-corrected chi connectivity index (χ2v) is 1.93. The van der Waals surface area contributed by atoms with Crippen molar-refractivity contribution in [2.24, 2.45) is 0 Å². The monoisotopic (exact) mass is 446 g/mol. The third-order valence-electron chi connectivity index (χ3n) is 1.08. The van der Waals surface area contributed by atoms with Crippen molar-refractivity contribution in [2.75, 3.05) is 0 Å². The molecule has 1 heterocycles. The summed E-state index contributed by atoms with van der Waals surface area (Å²) in [5.41, 5.74) is -4.03. The van der Waals surface area contributed by atoms with Crippen molar-refractivity contribution in [3.8, 4) is 0 Å². The van der Waals surface area contributed by atoms with Gasteiger partial charge in [-0.2, -0.15) is 13.2 Å². The van der Waals surface area contributed by atoms with Gasteiger partial charge in [0.2, 0.25) is 0 Å². The van der Waals surface area contributed by atoms with Gasteiger partial charge in [-0.25, -0.2) is 0 Å². The Kier molecular flexibility index (Phi) is 2.29. The molecule has 0 radical (unpaired) electrons. The van der Waals surface area contributed by atoms with Crippen molar-refractivity contribution in [1.29, 1.82) is 0 Å². The standard InChI is InChI=1S/C5H3F3N2O2.Rf/c6-5(7,8)2-1-9-4(12)10-3(2)11;/h1H,(H2,9,10,11,12);/p-1. The maximum Gasteiger partial charge on any atom is 0.419 e. The van der Waals surface area contributed by atoms with Crippen molar-refractivity contribution in [3.05, 3.63) is 32.6 Å². The van der Waals surface area contributed by atoms with Gasteiger partial charge >= 0.3 is 6.18 Å². The molecule has 0 saturated heterocycles. The molecule has 0 saturated carbocycles. The fourth-order valence-corrected chi connectivity index (χ4v) is 0.580. The van der Waals surface area contributed by atoms with Crippen molar-refractivity contribution >= 4 is 0 Å². The van der Waals surface area contributed by atoms with Gasteiger partial charge in [-0.05, 0) is 0 Å². The number of H-pyrrole nitrogens is 1. The first-order valence-electron chi connectivity index (χ1n) is 2.75. The van der Waals surface area contributed by atoms with E-state index in [-0.39, 0.29) is 6.20 Å². The van der Waals surface area contributed by atoms with E-state index in [2.05, 4.69) is 4.98 Å². The van der Waals surface area contributed by atoms with E-state index < -0.39 is 23.0 Å². The number of aromatic amines is 1. The molecule has 1 N–H and O–H groups in total. The second kappa shape index (κ2) is 2.84. The summed E-state index contributed by atoms with van der Waals surface area (Å²) in [6.07, 6.45) is -4.56. The molecule has 1 aromatic heterocycles. The van der Waals surface area contributed by atoms with Crippen molar-refractivity contribution in [3.63, 3.8) is 0 Å². The fourth-order valence-electron chi connectivity index (χ4n) is 0.580. The maximum atomic E-state index is 11.8. The molecule has 0 spiro atoms. The molecule has 0 atom stereocenters. The molecule has 0 amide bonds. The number of nitrogens with zero attached hydrogens (tertiary/aromatic N) is 1. The van der Waals surface area contributed by atoms with Gasteiger partial charge in [-0.15, -0.1) is 0 Å². The van der Waals surface area contributed by atoms with E-state index >= 15 is 0 Å². The average molecular weight is 446 g/mol. The van der Waals surface area contributed by atoms with E-state index in [1.54, 1.807) is 0 Å². The van der Waals surface area contributed by atoms with Crippen molar-refractivity contribution < 1.29 is 13.2 Å². The molecule has 0 aliphatic rings. The molecular weight excluding hydrogens is 444 g/mol. The normalized spacial score (nSPS) is 10.7. The van der Waals surface area contributed by atoms with Crippen LogP contribution < -0.4 is 16.2 Å². The van der Waals surface area contributed by atoms with E-state index in [0.717, 1.165) is 0 Å². The van der Waals surface area contributed by atoms with Crippen LogP contribution in [0.4, 0.5) is 13.2 Å². The molecule has 0 aliphatic heterocycles. The summed E-state index contributed by atoms with van der Waals surface area (Å²) < 4.78 is 35.5. The predicted molar refractivity (Wildman–Crippen MR) is 31.7 cm³/mol. The molecule has 0 aromatic carbocycles. The van der Waals surface area contributed by atoms with Gasteiger partial charge in [0, 0.05) is 0 Å². The van der Waals surface area contributed by atoms with Gasteiger partial charge in [0.1, 0.15) is 0 Å². The number of rotatable bonds is 0. The Bertz CT molecular complexity index is 394. The summed E-state index contributed by atoms with van der Waals surface area (Å²) in [6.45, 7) is 0. The summed E-state index contributed by atoms with van der Waals surface area (Å²) in [4.78, 5) is 24.9. The molecule has 0 fully saturated rings. The zero-order chi connectivity index (χ0) is 9.35. The molecular formula is C5H2F3N2O2Rf-. The van der Waals surface area contributed by atoms with Gasteiger partial charge in [-0.1, -0.05) is 6.20 Å². The van der Waals surface area contributed by atoms with Gasteiger partial charge in [-0.3, -0.25) is 9.59 Å². The van der Waals surface area contributed by atoms with E-state index in [1.807, 2.05) is 0 Å². The van der Waals surface area contributed by atoms with E-state index in [1.165, 1.54) is 4.98 Å². The summed E-state index contributed by atoms with van der Waals surface area (Å²) in [5.74, 6) is 0. The Morgan fingerprint density at radius 1 is 1.31 bits per heavy atom. The first-order chi connectivity index (χ1) is 5.41. The zero-order valence-corrected chi connectivity index (χ0v) is 12.6. The predicted octanol–water partition coefficient (Wildman–Crippen LogP) is -0.289. The van der Waals surface area contributed by atoms with Crippen LogP contribution in [0.15, 0.2) is 15.8 Å². The molecule has 4 nitrogen and oxygen atoms in total. The number of halogens is 3. The van der Waals surface area contributed by atoms with Gasteiger partial charge < -0.3 is 9.97 Å². The smallest absolute Gasteiger partial charge is 0.407 e. The average Bonchev–Trinajstić information content (AvgIpc) is 1.83. The van der Waals surface area contributed by atoms with Crippen LogP contribution in [-0.4, -0.2) is 4.98 Å². The van der Waals surface area contributed by atoms with E-state index in [4.69, 9.17) is 0 Å². The third-order valence-corrected chi connectivity index (χ3v) is 1.08. The van der Waals surface area contributed by atoms with Crippen molar-refractivity contribution in [2.45, 2.75) is 6.18 Å². The van der Waals surface area contributed by atoms with Crippen LogP contribution in [0.5, 0.6) is 0 Å². The Labute approximate surface area is 63.1 Å². The zero-order valence-electron chi connectivity index (χ0n) is 6.18. The molecule has 8 heteroatoms. The van der Waals surface area contributed by atoms with Crippen LogP contribution in [0, 0.1) is 0 Å². The molecule has 0 bridgehead atoms. The maximum absolute atomic E-state index is 11.8. The summed E-state index contributed by atoms with van der Waals surface area (Å²) >= 11 is 0. The third kappa shape index (κ3) is 1.95. The number of aromatic nitrogens is 2. The SMILES string of the molecule is O=c1[n-]cc(C(F)(F)F)c(=O)[nH]1.[Rf]. The molecule has 0 unspecified atom stereocenters. The van der Waals surface area contributed by atoms with Crippen LogP contribution >= 0.6 is 0 Å². The minimum Gasteiger partial charge on any atom is -0.407 e. The summed E-state index contributed by atoms with van der Waals surface area (Å²) in [6, 6.07) is 0. The minimum atomic E-state index is -4.77. The number of nitrogens with one attached hydrogen (secondary N) is 1. The molecule has 68 valence electrons. The Morgan fingerprint density at radius 2 is 1.85 bits per heavy atom. The van der Waals surface area contributed by atoms with Crippen LogP contribution in [0.25, 0.3) is 0 Å². The largest absolute Gasteiger partial charge is 0.419 e. The number of alkyl halides is 3. The van der Waals surface area contributed by atoms with E-state index in [9.17, 15) is 22.8 Å².